The zero-order chi connectivity index (χ0) is 18.1. The van der Waals surface area contributed by atoms with E-state index in [0.29, 0.717) is 19.2 Å². The topological polar surface area (TPSA) is 53.6 Å². The lowest BCUT2D eigenvalue weighted by atomic mass is 9.92. The Labute approximate surface area is 152 Å². The predicted molar refractivity (Wildman–Crippen MR) is 102 cm³/mol. The molecule has 2 rings (SSSR count). The van der Waals surface area contributed by atoms with Gasteiger partial charge in [-0.2, -0.15) is 0 Å². The number of benzene rings is 1. The van der Waals surface area contributed by atoms with Gasteiger partial charge in [-0.3, -0.25) is 4.79 Å². The monoisotopic (exact) mass is 347 g/mol. The van der Waals surface area contributed by atoms with Gasteiger partial charge in [0.15, 0.2) is 0 Å². The maximum Gasteiger partial charge on any atom is 0.223 e. The molecule has 0 aliphatic carbocycles. The molecule has 1 fully saturated rings. The lowest BCUT2D eigenvalue weighted by Gasteiger charge is -2.27. The minimum absolute atomic E-state index is 0.138. The largest absolute Gasteiger partial charge is 0.492 e. The van der Waals surface area contributed by atoms with Gasteiger partial charge in [-0.1, -0.05) is 26.0 Å². The summed E-state index contributed by atoms with van der Waals surface area (Å²) in [6.07, 6.45) is 1.85. The van der Waals surface area contributed by atoms with E-state index in [0.717, 1.165) is 50.3 Å². The second-order valence-electron chi connectivity index (χ2n) is 6.81. The molecule has 0 bridgehead atoms. The molecule has 2 atom stereocenters. The highest BCUT2D eigenvalue weighted by Gasteiger charge is 2.24. The highest BCUT2D eigenvalue weighted by Crippen LogP contribution is 2.17. The standard InChI is InChI=1S/C20H33N3O2/c1-4-23(5-2)12-13-25-19-8-6-17(7-9-19)15-22-20(24)18-10-11-21-16(3)14-18/h6-9,16,18,21H,4-5,10-15H2,1-3H3,(H,22,24)/t16-,18-/m0/s1. The van der Waals surface area contributed by atoms with Crippen LogP contribution >= 0.6 is 0 Å². The van der Waals surface area contributed by atoms with Crippen LogP contribution in [0.1, 0.15) is 39.2 Å². The Hall–Kier alpha value is -1.59. The van der Waals surface area contributed by atoms with E-state index in [9.17, 15) is 4.79 Å². The fourth-order valence-electron chi connectivity index (χ4n) is 3.24. The zero-order valence-corrected chi connectivity index (χ0v) is 15.9. The Bertz CT molecular complexity index is 514. The first-order chi connectivity index (χ1) is 12.1. The first-order valence-corrected chi connectivity index (χ1v) is 9.57. The van der Waals surface area contributed by atoms with E-state index in [1.54, 1.807) is 0 Å². The van der Waals surface area contributed by atoms with Gasteiger partial charge in [0.2, 0.25) is 5.91 Å². The Morgan fingerprint density at radius 3 is 2.64 bits per heavy atom. The number of hydrogen-bond donors (Lipinski definition) is 2. The number of piperidine rings is 1. The molecule has 1 aromatic rings. The van der Waals surface area contributed by atoms with Crippen molar-refractivity contribution in [1.29, 1.82) is 0 Å². The Morgan fingerprint density at radius 1 is 1.28 bits per heavy atom. The van der Waals surface area contributed by atoms with Crippen molar-refractivity contribution >= 4 is 5.91 Å². The van der Waals surface area contributed by atoms with Crippen LogP contribution in [0.15, 0.2) is 24.3 Å². The normalized spacial score (nSPS) is 20.5. The molecule has 1 saturated heterocycles. The van der Waals surface area contributed by atoms with Crippen LogP contribution in [-0.2, 0) is 11.3 Å². The average molecular weight is 348 g/mol. The number of likely N-dealkylation sites (N-methyl/N-ethyl adjacent to an activating group) is 1. The number of rotatable bonds is 9. The number of hydrogen-bond acceptors (Lipinski definition) is 4. The molecule has 1 aliphatic rings. The summed E-state index contributed by atoms with van der Waals surface area (Å²) in [5, 5.41) is 6.45. The molecule has 0 aromatic heterocycles. The van der Waals surface area contributed by atoms with Crippen molar-refractivity contribution in [2.24, 2.45) is 5.92 Å². The summed E-state index contributed by atoms with van der Waals surface area (Å²) in [6, 6.07) is 8.44. The quantitative estimate of drug-likeness (QED) is 0.720. The fourth-order valence-corrected chi connectivity index (χ4v) is 3.24. The lowest BCUT2D eigenvalue weighted by molar-refractivity contribution is -0.126. The fraction of sp³-hybridized carbons (Fsp3) is 0.650. The van der Waals surface area contributed by atoms with Crippen LogP contribution in [0.2, 0.25) is 0 Å². The number of nitrogens with zero attached hydrogens (tertiary/aromatic N) is 1. The molecule has 1 aromatic carbocycles. The number of nitrogens with one attached hydrogen (secondary N) is 2. The van der Waals surface area contributed by atoms with Gasteiger partial charge < -0.3 is 20.3 Å². The second-order valence-corrected chi connectivity index (χ2v) is 6.81. The molecule has 1 aliphatic heterocycles. The molecule has 2 N–H and O–H groups in total. The van der Waals surface area contributed by atoms with Crippen LogP contribution in [0, 0.1) is 5.92 Å². The minimum atomic E-state index is 0.138. The van der Waals surface area contributed by atoms with Crippen molar-refractivity contribution in [1.82, 2.24) is 15.5 Å². The van der Waals surface area contributed by atoms with Gasteiger partial charge in [0.25, 0.3) is 0 Å². The summed E-state index contributed by atoms with van der Waals surface area (Å²) >= 11 is 0. The molecule has 0 radical (unpaired) electrons. The van der Waals surface area contributed by atoms with E-state index < -0.39 is 0 Å². The van der Waals surface area contributed by atoms with Crippen LogP contribution < -0.4 is 15.4 Å². The molecular formula is C20H33N3O2. The molecular weight excluding hydrogens is 314 g/mol. The molecule has 140 valence electrons. The van der Waals surface area contributed by atoms with E-state index in [-0.39, 0.29) is 11.8 Å². The van der Waals surface area contributed by atoms with Crippen LogP contribution in [-0.4, -0.2) is 49.6 Å². The van der Waals surface area contributed by atoms with Crippen molar-refractivity contribution in [3.63, 3.8) is 0 Å². The summed E-state index contributed by atoms with van der Waals surface area (Å²) in [5.41, 5.74) is 1.10. The molecule has 25 heavy (non-hydrogen) atoms. The third-order valence-electron chi connectivity index (χ3n) is 4.96. The van der Waals surface area contributed by atoms with Crippen molar-refractivity contribution in [3.05, 3.63) is 29.8 Å². The summed E-state index contributed by atoms with van der Waals surface area (Å²) in [5.74, 6) is 1.20. The molecule has 0 spiro atoms. The number of carbonyl (C=O) groups is 1. The second kappa shape index (κ2) is 10.4. The van der Waals surface area contributed by atoms with E-state index >= 15 is 0 Å². The Balaban J connectivity index is 1.71. The molecule has 0 saturated carbocycles. The van der Waals surface area contributed by atoms with Crippen molar-refractivity contribution < 1.29 is 9.53 Å². The van der Waals surface area contributed by atoms with Gasteiger partial charge in [-0.05, 0) is 57.1 Å². The predicted octanol–water partition coefficient (Wildman–Crippen LogP) is 2.41. The first kappa shape index (κ1) is 19.7. The van der Waals surface area contributed by atoms with Crippen LogP contribution in [0.3, 0.4) is 0 Å². The Morgan fingerprint density at radius 2 is 2.00 bits per heavy atom. The summed E-state index contributed by atoms with van der Waals surface area (Å²) in [7, 11) is 0. The van der Waals surface area contributed by atoms with Gasteiger partial charge in [0.1, 0.15) is 12.4 Å². The number of carbonyl (C=O) groups excluding carboxylic acids is 1. The number of ether oxygens (including phenoxy) is 1. The van der Waals surface area contributed by atoms with Crippen LogP contribution in [0.5, 0.6) is 5.75 Å². The maximum atomic E-state index is 12.3. The van der Waals surface area contributed by atoms with E-state index in [4.69, 9.17) is 4.74 Å². The summed E-state index contributed by atoms with van der Waals surface area (Å²) in [6.45, 7) is 11.7. The maximum absolute atomic E-state index is 12.3. The van der Waals surface area contributed by atoms with Gasteiger partial charge >= 0.3 is 0 Å². The molecule has 0 unspecified atom stereocenters. The summed E-state index contributed by atoms with van der Waals surface area (Å²) < 4.78 is 5.79. The van der Waals surface area contributed by atoms with E-state index in [1.165, 1.54) is 0 Å². The van der Waals surface area contributed by atoms with Gasteiger partial charge in [-0.25, -0.2) is 0 Å². The van der Waals surface area contributed by atoms with Crippen molar-refractivity contribution in [2.75, 3.05) is 32.8 Å². The van der Waals surface area contributed by atoms with Gasteiger partial charge in [0.05, 0.1) is 0 Å². The third kappa shape index (κ3) is 6.67. The molecule has 1 amide bonds. The number of amides is 1. The molecule has 1 heterocycles. The smallest absolute Gasteiger partial charge is 0.223 e. The first-order valence-electron chi connectivity index (χ1n) is 9.57. The van der Waals surface area contributed by atoms with Crippen molar-refractivity contribution in [2.45, 2.75) is 46.2 Å². The van der Waals surface area contributed by atoms with Gasteiger partial charge in [0, 0.05) is 25.0 Å². The highest BCUT2D eigenvalue weighted by molar-refractivity contribution is 5.78. The lowest BCUT2D eigenvalue weighted by Crippen LogP contribution is -2.42. The SMILES string of the molecule is CCN(CC)CCOc1ccc(CNC(=O)[C@H]2CCN[C@@H](C)C2)cc1. The van der Waals surface area contributed by atoms with Crippen LogP contribution in [0.25, 0.3) is 0 Å². The van der Waals surface area contributed by atoms with E-state index in [1.807, 2.05) is 24.3 Å². The van der Waals surface area contributed by atoms with Gasteiger partial charge in [-0.15, -0.1) is 0 Å². The molecule has 5 heteroatoms. The van der Waals surface area contributed by atoms with Crippen molar-refractivity contribution in [3.8, 4) is 5.75 Å². The highest BCUT2D eigenvalue weighted by atomic mass is 16.5. The zero-order valence-electron chi connectivity index (χ0n) is 15.9. The van der Waals surface area contributed by atoms with E-state index in [2.05, 4.69) is 36.3 Å². The Kier molecular flexibility index (Phi) is 8.22. The average Bonchev–Trinajstić information content (AvgIpc) is 2.64. The molecule has 5 nitrogen and oxygen atoms in total. The third-order valence-corrected chi connectivity index (χ3v) is 4.96. The minimum Gasteiger partial charge on any atom is -0.492 e. The summed E-state index contributed by atoms with van der Waals surface area (Å²) in [4.78, 5) is 14.6. The van der Waals surface area contributed by atoms with Crippen LogP contribution in [0.4, 0.5) is 0 Å².